The molecule has 1 aromatic heterocycles. The van der Waals surface area contributed by atoms with Crippen LogP contribution in [0.25, 0.3) is 10.9 Å². The maximum atomic E-state index is 12.4. The lowest BCUT2D eigenvalue weighted by Gasteiger charge is -2.13. The number of benzene rings is 2. The fourth-order valence-electron chi connectivity index (χ4n) is 3.11. The molecule has 26 heavy (non-hydrogen) atoms. The molecule has 2 N–H and O–H groups in total. The van der Waals surface area contributed by atoms with Crippen molar-refractivity contribution in [1.29, 1.82) is 0 Å². The topological polar surface area (TPSA) is 80.3 Å². The van der Waals surface area contributed by atoms with Crippen molar-refractivity contribution in [3.63, 3.8) is 0 Å². The summed E-state index contributed by atoms with van der Waals surface area (Å²) in [5.41, 5.74) is 3.23. The van der Waals surface area contributed by atoms with Gasteiger partial charge in [0.2, 0.25) is 0 Å². The summed E-state index contributed by atoms with van der Waals surface area (Å²) in [5, 5.41) is 6.20. The van der Waals surface area contributed by atoms with Crippen LogP contribution in [-0.4, -0.2) is 23.4 Å². The minimum absolute atomic E-state index is 0.315. The van der Waals surface area contributed by atoms with Crippen LogP contribution in [-0.2, 0) is 9.59 Å². The van der Waals surface area contributed by atoms with Gasteiger partial charge in [-0.25, -0.2) is 0 Å². The van der Waals surface area contributed by atoms with Crippen molar-refractivity contribution >= 4 is 28.4 Å². The zero-order valence-electron chi connectivity index (χ0n) is 14.2. The van der Waals surface area contributed by atoms with Gasteiger partial charge in [-0.05, 0) is 36.8 Å². The van der Waals surface area contributed by atoms with Crippen molar-refractivity contribution in [3.05, 3.63) is 65.9 Å². The fourth-order valence-corrected chi connectivity index (χ4v) is 3.11. The summed E-state index contributed by atoms with van der Waals surface area (Å²) < 4.78 is 5.53. The van der Waals surface area contributed by atoms with Crippen molar-refractivity contribution in [2.24, 2.45) is 0 Å². The van der Waals surface area contributed by atoms with Gasteiger partial charge in [0.1, 0.15) is 12.4 Å². The molecule has 130 valence electrons. The molecule has 0 saturated heterocycles. The molecule has 6 nitrogen and oxygen atoms in total. The number of anilines is 1. The predicted octanol–water partition coefficient (Wildman–Crippen LogP) is 2.73. The number of pyridine rings is 1. The predicted molar refractivity (Wildman–Crippen MR) is 97.9 cm³/mol. The molecule has 2 aromatic carbocycles. The molecule has 2 heterocycles. The summed E-state index contributed by atoms with van der Waals surface area (Å²) in [6.45, 7) is 2.26. The summed E-state index contributed by atoms with van der Waals surface area (Å²) in [6, 6.07) is 14.4. The molecule has 3 aromatic rings. The highest BCUT2D eigenvalue weighted by Crippen LogP contribution is 2.31. The average molecular weight is 347 g/mol. The summed E-state index contributed by atoms with van der Waals surface area (Å²) in [5.74, 6) is -0.690. The number of fused-ring (bicyclic) bond motifs is 2. The number of aromatic nitrogens is 1. The molecule has 0 fully saturated rings. The van der Waals surface area contributed by atoms with Gasteiger partial charge in [-0.3, -0.25) is 14.6 Å². The van der Waals surface area contributed by atoms with E-state index in [9.17, 15) is 9.59 Å². The molecule has 1 aliphatic heterocycles. The van der Waals surface area contributed by atoms with Gasteiger partial charge in [0, 0.05) is 17.1 Å². The molecule has 0 spiro atoms. The zero-order valence-corrected chi connectivity index (χ0v) is 14.2. The van der Waals surface area contributed by atoms with E-state index in [4.69, 9.17) is 4.74 Å². The Labute approximate surface area is 150 Å². The van der Waals surface area contributed by atoms with Crippen LogP contribution >= 0.6 is 0 Å². The number of rotatable bonds is 2. The van der Waals surface area contributed by atoms with Crippen LogP contribution in [0.15, 0.2) is 54.7 Å². The molecular weight excluding hydrogens is 330 g/mol. The molecule has 0 bridgehead atoms. The number of nitrogens with zero attached hydrogens (tertiary/aromatic N) is 1. The Balaban J connectivity index is 1.51. The standard InChI is InChI=1S/C20H17N3O3/c1-12-8-9-15(14-6-4-10-21-18(12)14)22-19(24)20(25)23-16-11-26-17-7-3-2-5-13(16)17/h2-10,16H,11H2,1H3,(H,22,24)(H,23,25). The van der Waals surface area contributed by atoms with E-state index in [1.807, 2.05) is 43.3 Å². The molecule has 6 heteroatoms. The Hall–Kier alpha value is -3.41. The second-order valence-electron chi connectivity index (χ2n) is 6.16. The second-order valence-corrected chi connectivity index (χ2v) is 6.16. The van der Waals surface area contributed by atoms with Gasteiger partial charge in [-0.15, -0.1) is 0 Å². The summed E-state index contributed by atoms with van der Waals surface area (Å²) in [7, 11) is 0. The van der Waals surface area contributed by atoms with Crippen molar-refractivity contribution in [3.8, 4) is 5.75 Å². The third kappa shape index (κ3) is 2.86. The second kappa shape index (κ2) is 6.48. The van der Waals surface area contributed by atoms with Crippen LogP contribution < -0.4 is 15.4 Å². The van der Waals surface area contributed by atoms with E-state index in [0.717, 1.165) is 27.8 Å². The molecule has 0 aliphatic carbocycles. The normalized spacial score (nSPS) is 15.2. The lowest BCUT2D eigenvalue weighted by atomic mass is 10.1. The molecule has 0 radical (unpaired) electrons. The van der Waals surface area contributed by atoms with E-state index >= 15 is 0 Å². The number of nitrogens with one attached hydrogen (secondary N) is 2. The molecule has 1 unspecified atom stereocenters. The zero-order chi connectivity index (χ0) is 18.1. The molecule has 1 aliphatic rings. The van der Waals surface area contributed by atoms with Crippen molar-refractivity contribution in [1.82, 2.24) is 10.3 Å². The van der Waals surface area contributed by atoms with Gasteiger partial charge in [-0.2, -0.15) is 0 Å². The van der Waals surface area contributed by atoms with Gasteiger partial charge in [-0.1, -0.05) is 24.3 Å². The molecular formula is C20H17N3O3. The van der Waals surface area contributed by atoms with Crippen molar-refractivity contribution < 1.29 is 14.3 Å². The Kier molecular flexibility index (Phi) is 4.01. The number of aryl methyl sites for hydroxylation is 1. The van der Waals surface area contributed by atoms with E-state index in [2.05, 4.69) is 15.6 Å². The van der Waals surface area contributed by atoms with Crippen molar-refractivity contribution in [2.75, 3.05) is 11.9 Å². The van der Waals surface area contributed by atoms with Crippen LogP contribution in [0.2, 0.25) is 0 Å². The van der Waals surface area contributed by atoms with Crippen LogP contribution in [0.4, 0.5) is 5.69 Å². The smallest absolute Gasteiger partial charge is 0.313 e. The summed E-state index contributed by atoms with van der Waals surface area (Å²) >= 11 is 0. The van der Waals surface area contributed by atoms with Gasteiger partial charge >= 0.3 is 11.8 Å². The van der Waals surface area contributed by atoms with E-state index in [1.165, 1.54) is 0 Å². The van der Waals surface area contributed by atoms with E-state index in [-0.39, 0.29) is 6.04 Å². The lowest BCUT2D eigenvalue weighted by Crippen LogP contribution is -2.38. The minimum atomic E-state index is -0.719. The molecule has 1 atom stereocenters. The van der Waals surface area contributed by atoms with E-state index < -0.39 is 11.8 Å². The highest BCUT2D eigenvalue weighted by molar-refractivity contribution is 6.40. The third-order valence-corrected chi connectivity index (χ3v) is 4.43. The van der Waals surface area contributed by atoms with Crippen LogP contribution in [0, 0.1) is 6.92 Å². The average Bonchev–Trinajstić information content (AvgIpc) is 3.07. The quantitative estimate of drug-likeness (QED) is 0.699. The van der Waals surface area contributed by atoms with E-state index in [0.29, 0.717) is 12.3 Å². The molecule has 0 saturated carbocycles. The Morgan fingerprint density at radius 2 is 1.92 bits per heavy atom. The number of carbonyl (C=O) groups is 2. The number of hydrogen-bond acceptors (Lipinski definition) is 4. The minimum Gasteiger partial charge on any atom is -0.491 e. The maximum Gasteiger partial charge on any atom is 0.313 e. The first-order chi connectivity index (χ1) is 12.6. The lowest BCUT2D eigenvalue weighted by molar-refractivity contribution is -0.136. The first kappa shape index (κ1) is 16.1. The van der Waals surface area contributed by atoms with Crippen LogP contribution in [0.3, 0.4) is 0 Å². The number of amides is 2. The first-order valence-electron chi connectivity index (χ1n) is 8.31. The first-order valence-corrected chi connectivity index (χ1v) is 8.31. The number of para-hydroxylation sites is 1. The number of ether oxygens (including phenoxy) is 1. The fraction of sp³-hybridized carbons (Fsp3) is 0.150. The maximum absolute atomic E-state index is 12.4. The number of hydrogen-bond donors (Lipinski definition) is 2. The van der Waals surface area contributed by atoms with E-state index in [1.54, 1.807) is 18.3 Å². The van der Waals surface area contributed by atoms with Gasteiger partial charge in [0.15, 0.2) is 0 Å². The highest BCUT2D eigenvalue weighted by atomic mass is 16.5. The molecule has 2 amide bonds. The highest BCUT2D eigenvalue weighted by Gasteiger charge is 2.27. The van der Waals surface area contributed by atoms with Gasteiger partial charge < -0.3 is 15.4 Å². The largest absolute Gasteiger partial charge is 0.491 e. The monoisotopic (exact) mass is 347 g/mol. The Morgan fingerprint density at radius 1 is 1.08 bits per heavy atom. The molecule has 4 rings (SSSR count). The van der Waals surface area contributed by atoms with Gasteiger partial charge in [0.25, 0.3) is 0 Å². The SMILES string of the molecule is Cc1ccc(NC(=O)C(=O)NC2COc3ccccc32)c2cccnc12. The Morgan fingerprint density at radius 3 is 2.81 bits per heavy atom. The van der Waals surface area contributed by atoms with Crippen LogP contribution in [0.1, 0.15) is 17.2 Å². The van der Waals surface area contributed by atoms with Crippen LogP contribution in [0.5, 0.6) is 5.75 Å². The van der Waals surface area contributed by atoms with Gasteiger partial charge in [0.05, 0.1) is 17.2 Å². The Bertz CT molecular complexity index is 1020. The summed E-state index contributed by atoms with van der Waals surface area (Å²) in [6.07, 6.45) is 1.70. The third-order valence-electron chi connectivity index (χ3n) is 4.43. The summed E-state index contributed by atoms with van der Waals surface area (Å²) in [4.78, 5) is 29.0. The number of carbonyl (C=O) groups excluding carboxylic acids is 2. The van der Waals surface area contributed by atoms with Crippen molar-refractivity contribution in [2.45, 2.75) is 13.0 Å².